The summed E-state index contributed by atoms with van der Waals surface area (Å²) in [7, 11) is 0. The molecule has 1 aromatic rings. The molecule has 1 rings (SSSR count). The molecule has 0 aliphatic carbocycles. The van der Waals surface area contributed by atoms with E-state index in [1.165, 1.54) is 11.2 Å². The molecule has 0 saturated carbocycles. The first-order valence-electron chi connectivity index (χ1n) is 3.43. The highest BCUT2D eigenvalue weighted by atomic mass is 16.1. The Labute approximate surface area is 69.5 Å². The average molecular weight is 166 g/mol. The molecule has 0 unspecified atom stereocenters. The summed E-state index contributed by atoms with van der Waals surface area (Å²) in [5.41, 5.74) is -0.410. The van der Waals surface area contributed by atoms with Crippen molar-refractivity contribution in [3.8, 4) is 0 Å². The van der Waals surface area contributed by atoms with Crippen molar-refractivity contribution in [2.45, 2.75) is 0 Å². The molecular weight excluding hydrogens is 156 g/mol. The van der Waals surface area contributed by atoms with Crippen LogP contribution in [0.15, 0.2) is 29.7 Å². The maximum atomic E-state index is 10.7. The van der Waals surface area contributed by atoms with Crippen LogP contribution in [-0.2, 0) is 0 Å². The molecular formula is C7H10N4O. The van der Waals surface area contributed by atoms with Crippen molar-refractivity contribution in [3.63, 3.8) is 0 Å². The zero-order valence-electron chi connectivity index (χ0n) is 6.53. The number of aromatic amines is 1. The number of hydrazine groups is 1. The largest absolute Gasteiger partial charge is 0.346 e. The van der Waals surface area contributed by atoms with Crippen LogP contribution < -0.4 is 16.5 Å². The molecule has 0 spiro atoms. The summed E-state index contributed by atoms with van der Waals surface area (Å²) >= 11 is 0. The van der Waals surface area contributed by atoms with E-state index in [1.807, 2.05) is 0 Å². The van der Waals surface area contributed by atoms with Gasteiger partial charge in [-0.2, -0.15) is 4.98 Å². The Kier molecular flexibility index (Phi) is 2.60. The molecule has 64 valence electrons. The van der Waals surface area contributed by atoms with E-state index in [2.05, 4.69) is 16.5 Å². The molecule has 0 bridgehead atoms. The molecule has 5 nitrogen and oxygen atoms in total. The van der Waals surface area contributed by atoms with Crippen LogP contribution in [0, 0.1) is 0 Å². The lowest BCUT2D eigenvalue weighted by Crippen LogP contribution is -2.33. The van der Waals surface area contributed by atoms with Crippen LogP contribution in [0.25, 0.3) is 0 Å². The molecule has 0 saturated heterocycles. The fourth-order valence-electron chi connectivity index (χ4n) is 0.754. The third-order valence-electron chi connectivity index (χ3n) is 1.28. The van der Waals surface area contributed by atoms with Gasteiger partial charge in [-0.3, -0.25) is 5.01 Å². The van der Waals surface area contributed by atoms with Crippen LogP contribution >= 0.6 is 0 Å². The minimum atomic E-state index is -0.410. The van der Waals surface area contributed by atoms with E-state index in [0.29, 0.717) is 12.4 Å². The van der Waals surface area contributed by atoms with Gasteiger partial charge in [0.05, 0.1) is 6.54 Å². The Morgan fingerprint density at radius 1 is 1.83 bits per heavy atom. The van der Waals surface area contributed by atoms with Gasteiger partial charge in [-0.25, -0.2) is 10.6 Å². The van der Waals surface area contributed by atoms with Gasteiger partial charge in [0.2, 0.25) is 0 Å². The van der Waals surface area contributed by atoms with Crippen LogP contribution in [0.4, 0.5) is 5.82 Å². The zero-order valence-corrected chi connectivity index (χ0v) is 6.53. The number of aromatic nitrogens is 2. The van der Waals surface area contributed by atoms with Gasteiger partial charge < -0.3 is 4.98 Å². The highest BCUT2D eigenvalue weighted by molar-refractivity contribution is 5.34. The maximum absolute atomic E-state index is 10.7. The van der Waals surface area contributed by atoms with Crippen molar-refractivity contribution in [2.24, 2.45) is 5.84 Å². The minimum Gasteiger partial charge on any atom is -0.313 e. The van der Waals surface area contributed by atoms with E-state index in [-0.39, 0.29) is 0 Å². The first kappa shape index (κ1) is 8.48. The van der Waals surface area contributed by atoms with Gasteiger partial charge in [0.1, 0.15) is 5.82 Å². The Morgan fingerprint density at radius 3 is 3.17 bits per heavy atom. The lowest BCUT2D eigenvalue weighted by atomic mass is 10.5. The Morgan fingerprint density at radius 2 is 2.58 bits per heavy atom. The van der Waals surface area contributed by atoms with Crippen LogP contribution in [0.2, 0.25) is 0 Å². The lowest BCUT2D eigenvalue weighted by Gasteiger charge is -2.13. The second-order valence-electron chi connectivity index (χ2n) is 2.19. The Bertz CT molecular complexity index is 319. The normalized spacial score (nSPS) is 9.42. The van der Waals surface area contributed by atoms with Crippen molar-refractivity contribution in [3.05, 3.63) is 35.4 Å². The maximum Gasteiger partial charge on any atom is 0.346 e. The smallest absolute Gasteiger partial charge is 0.313 e. The van der Waals surface area contributed by atoms with Gasteiger partial charge in [-0.15, -0.1) is 6.58 Å². The van der Waals surface area contributed by atoms with E-state index in [0.717, 1.165) is 0 Å². The summed E-state index contributed by atoms with van der Waals surface area (Å²) in [5, 5.41) is 1.34. The number of nitrogens with one attached hydrogen (secondary N) is 1. The predicted octanol–water partition coefficient (Wildman–Crippen LogP) is -0.364. The first-order valence-corrected chi connectivity index (χ1v) is 3.43. The van der Waals surface area contributed by atoms with Crippen LogP contribution in [0.1, 0.15) is 0 Å². The van der Waals surface area contributed by atoms with Gasteiger partial charge in [0.25, 0.3) is 0 Å². The van der Waals surface area contributed by atoms with Gasteiger partial charge in [-0.05, 0) is 6.07 Å². The van der Waals surface area contributed by atoms with Gasteiger partial charge >= 0.3 is 5.69 Å². The second-order valence-corrected chi connectivity index (χ2v) is 2.19. The van der Waals surface area contributed by atoms with Crippen molar-refractivity contribution in [2.75, 3.05) is 11.6 Å². The minimum absolute atomic E-state index is 0.410. The molecule has 3 N–H and O–H groups in total. The number of nitrogens with two attached hydrogens (primary N) is 1. The lowest BCUT2D eigenvalue weighted by molar-refractivity contribution is 0.890. The topological polar surface area (TPSA) is 75.0 Å². The summed E-state index contributed by atoms with van der Waals surface area (Å²) in [5.74, 6) is 5.95. The summed E-state index contributed by atoms with van der Waals surface area (Å²) < 4.78 is 0. The van der Waals surface area contributed by atoms with E-state index in [4.69, 9.17) is 5.84 Å². The number of H-pyrrole nitrogens is 1. The van der Waals surface area contributed by atoms with Crippen LogP contribution in [-0.4, -0.2) is 16.5 Å². The van der Waals surface area contributed by atoms with E-state index < -0.39 is 5.69 Å². The molecule has 12 heavy (non-hydrogen) atoms. The summed E-state index contributed by atoms with van der Waals surface area (Å²) in [6.07, 6.45) is 3.12. The predicted molar refractivity (Wildman–Crippen MR) is 46.6 cm³/mol. The van der Waals surface area contributed by atoms with Gasteiger partial charge in [0.15, 0.2) is 0 Å². The highest BCUT2D eigenvalue weighted by Gasteiger charge is 1.99. The third-order valence-corrected chi connectivity index (χ3v) is 1.28. The molecule has 0 radical (unpaired) electrons. The monoisotopic (exact) mass is 166 g/mol. The Hall–Kier alpha value is -1.62. The summed E-state index contributed by atoms with van der Waals surface area (Å²) in [4.78, 5) is 16.8. The molecule has 0 aromatic carbocycles. The van der Waals surface area contributed by atoms with Crippen molar-refractivity contribution in [1.82, 2.24) is 9.97 Å². The second kappa shape index (κ2) is 3.68. The fourth-order valence-corrected chi connectivity index (χ4v) is 0.754. The molecule has 1 aromatic heterocycles. The van der Waals surface area contributed by atoms with Gasteiger partial charge in [-0.1, -0.05) is 6.08 Å². The van der Waals surface area contributed by atoms with Crippen molar-refractivity contribution < 1.29 is 0 Å². The number of nitrogens with zero attached hydrogens (tertiary/aromatic N) is 2. The number of hydrogen-bond donors (Lipinski definition) is 2. The zero-order chi connectivity index (χ0) is 8.97. The standard InChI is InChI=1S/C7H10N4O/c1-2-5-11(8)6-3-4-9-7(12)10-6/h2-4H,1,5,8H2,(H,9,10,12). The summed E-state index contributed by atoms with van der Waals surface area (Å²) in [6.45, 7) is 3.97. The number of rotatable bonds is 3. The van der Waals surface area contributed by atoms with E-state index in [1.54, 1.807) is 12.1 Å². The van der Waals surface area contributed by atoms with Crippen LogP contribution in [0.5, 0.6) is 0 Å². The molecule has 0 aliphatic heterocycles. The molecule has 5 heteroatoms. The molecule has 1 heterocycles. The average Bonchev–Trinajstić information content (AvgIpc) is 2.05. The van der Waals surface area contributed by atoms with Crippen molar-refractivity contribution in [1.29, 1.82) is 0 Å². The molecule has 0 atom stereocenters. The SMILES string of the molecule is C=CCN(N)c1cc[nH]c(=O)n1. The molecule has 0 fully saturated rings. The highest BCUT2D eigenvalue weighted by Crippen LogP contribution is 1.99. The fraction of sp³-hybridized carbons (Fsp3) is 0.143. The van der Waals surface area contributed by atoms with E-state index in [9.17, 15) is 4.79 Å². The first-order chi connectivity index (χ1) is 5.74. The summed E-state index contributed by atoms with van der Waals surface area (Å²) in [6, 6.07) is 1.62. The molecule has 0 aliphatic rings. The number of hydrogen-bond acceptors (Lipinski definition) is 4. The number of anilines is 1. The quantitative estimate of drug-likeness (QED) is 0.365. The van der Waals surface area contributed by atoms with Crippen molar-refractivity contribution >= 4 is 5.82 Å². The molecule has 0 amide bonds. The van der Waals surface area contributed by atoms with Crippen LogP contribution in [0.3, 0.4) is 0 Å². The van der Waals surface area contributed by atoms with Gasteiger partial charge in [0, 0.05) is 6.20 Å². The van der Waals surface area contributed by atoms with E-state index >= 15 is 0 Å². The third kappa shape index (κ3) is 1.93. The Balaban J connectivity index is 2.87.